The van der Waals surface area contributed by atoms with E-state index in [2.05, 4.69) is 10.3 Å². The quantitative estimate of drug-likeness (QED) is 0.921. The van der Waals surface area contributed by atoms with Gasteiger partial charge in [0.25, 0.3) is 0 Å². The zero-order valence-corrected chi connectivity index (χ0v) is 10.9. The molecule has 0 radical (unpaired) electrons. The van der Waals surface area contributed by atoms with Gasteiger partial charge >= 0.3 is 0 Å². The number of hydrogen-bond acceptors (Lipinski definition) is 3. The summed E-state index contributed by atoms with van der Waals surface area (Å²) in [6.45, 7) is 0. The minimum Gasteiger partial charge on any atom is -0.311 e. The van der Waals surface area contributed by atoms with Crippen molar-refractivity contribution in [3.8, 4) is 0 Å². The van der Waals surface area contributed by atoms with Crippen LogP contribution in [0.3, 0.4) is 0 Å². The van der Waals surface area contributed by atoms with Crippen molar-refractivity contribution in [3.63, 3.8) is 0 Å². The minimum atomic E-state index is -0.266. The van der Waals surface area contributed by atoms with Crippen LogP contribution in [0.2, 0.25) is 5.02 Å². The summed E-state index contributed by atoms with van der Waals surface area (Å²) >= 11 is 7.59. The molecule has 0 saturated carbocycles. The third-order valence-corrected chi connectivity index (χ3v) is 3.56. The first kappa shape index (κ1) is 12.5. The van der Waals surface area contributed by atoms with Crippen LogP contribution < -0.4 is 5.32 Å². The number of rotatable bonds is 4. The molecular weight excluding hydrogens is 259 g/mol. The molecule has 0 aliphatic heterocycles. The Morgan fingerprint density at radius 2 is 2.35 bits per heavy atom. The molecule has 1 atom stereocenters. The summed E-state index contributed by atoms with van der Waals surface area (Å²) in [6, 6.07) is 4.47. The monoisotopic (exact) mass is 270 g/mol. The van der Waals surface area contributed by atoms with Gasteiger partial charge in [-0.25, -0.2) is 9.37 Å². The van der Waals surface area contributed by atoms with Gasteiger partial charge in [-0.05, 0) is 37.2 Å². The highest BCUT2D eigenvalue weighted by atomic mass is 35.5. The van der Waals surface area contributed by atoms with Crippen molar-refractivity contribution in [1.29, 1.82) is 0 Å². The van der Waals surface area contributed by atoms with Gasteiger partial charge in [-0.3, -0.25) is 0 Å². The third kappa shape index (κ3) is 3.03. The summed E-state index contributed by atoms with van der Waals surface area (Å²) in [5.74, 6) is -0.266. The lowest BCUT2D eigenvalue weighted by atomic mass is 10.0. The molecule has 0 saturated heterocycles. The summed E-state index contributed by atoms with van der Waals surface area (Å²) in [6.07, 6.45) is 0.622. The molecule has 0 spiro atoms. The number of nitrogens with zero attached hydrogens (tertiary/aromatic N) is 1. The molecular formula is C12H12ClFN2S. The second-order valence-electron chi connectivity index (χ2n) is 3.69. The Hall–Kier alpha value is -0.970. The van der Waals surface area contributed by atoms with E-state index in [1.54, 1.807) is 22.9 Å². The van der Waals surface area contributed by atoms with Crippen LogP contribution in [0.4, 0.5) is 4.39 Å². The maximum Gasteiger partial charge on any atom is 0.123 e. The van der Waals surface area contributed by atoms with Gasteiger partial charge in [-0.1, -0.05) is 11.6 Å². The summed E-state index contributed by atoms with van der Waals surface area (Å²) in [7, 11) is 1.86. The normalized spacial score (nSPS) is 12.6. The van der Waals surface area contributed by atoms with Crippen molar-refractivity contribution < 1.29 is 4.39 Å². The van der Waals surface area contributed by atoms with Crippen LogP contribution in [0.25, 0.3) is 0 Å². The van der Waals surface area contributed by atoms with Crippen molar-refractivity contribution in [1.82, 2.24) is 10.3 Å². The molecule has 2 aromatic rings. The van der Waals surface area contributed by atoms with Gasteiger partial charge in [0.05, 0.1) is 17.2 Å². The van der Waals surface area contributed by atoms with Crippen molar-refractivity contribution in [2.45, 2.75) is 12.5 Å². The van der Waals surface area contributed by atoms with Gasteiger partial charge in [-0.15, -0.1) is 11.3 Å². The van der Waals surface area contributed by atoms with Crippen LogP contribution in [0.1, 0.15) is 17.3 Å². The van der Waals surface area contributed by atoms with Gasteiger partial charge in [0.15, 0.2) is 0 Å². The average Bonchev–Trinajstić information content (AvgIpc) is 2.84. The van der Waals surface area contributed by atoms with Gasteiger partial charge < -0.3 is 5.32 Å². The molecule has 0 amide bonds. The van der Waals surface area contributed by atoms with Crippen molar-refractivity contribution in [3.05, 3.63) is 51.2 Å². The fraction of sp³-hybridized carbons (Fsp3) is 0.250. The van der Waals surface area contributed by atoms with Crippen molar-refractivity contribution in [2.75, 3.05) is 7.05 Å². The number of aromatic nitrogens is 1. The molecule has 1 unspecified atom stereocenters. The lowest BCUT2D eigenvalue weighted by Gasteiger charge is -2.14. The second-order valence-corrected chi connectivity index (χ2v) is 4.82. The first-order chi connectivity index (χ1) is 8.20. The number of hydrogen-bond donors (Lipinski definition) is 1. The first-order valence-corrected chi connectivity index (χ1v) is 6.52. The van der Waals surface area contributed by atoms with Crippen molar-refractivity contribution in [2.24, 2.45) is 0 Å². The molecule has 1 aromatic carbocycles. The molecule has 90 valence electrons. The second kappa shape index (κ2) is 5.58. The summed E-state index contributed by atoms with van der Waals surface area (Å²) in [4.78, 5) is 4.25. The Labute approximate surface area is 108 Å². The van der Waals surface area contributed by atoms with E-state index in [-0.39, 0.29) is 11.9 Å². The standard InChI is InChI=1S/C12H12ClFN2S/c1-15-11(12-6-17-7-16-12)5-8-4-9(14)2-3-10(8)13/h2-4,6-7,11,15H,5H2,1H3. The molecule has 2 nitrogen and oxygen atoms in total. The van der Waals surface area contributed by atoms with Crippen LogP contribution in [0.15, 0.2) is 29.1 Å². The number of likely N-dealkylation sites (N-methyl/N-ethyl adjacent to an activating group) is 1. The van der Waals surface area contributed by atoms with E-state index < -0.39 is 0 Å². The first-order valence-electron chi connectivity index (χ1n) is 5.20. The Kier molecular flexibility index (Phi) is 4.10. The molecule has 1 heterocycles. The molecule has 1 N–H and O–H groups in total. The molecule has 0 fully saturated rings. The maximum absolute atomic E-state index is 13.2. The molecule has 1 aromatic heterocycles. The largest absolute Gasteiger partial charge is 0.311 e. The molecule has 0 bridgehead atoms. The summed E-state index contributed by atoms with van der Waals surface area (Å²) in [5.41, 5.74) is 3.53. The highest BCUT2D eigenvalue weighted by Gasteiger charge is 2.14. The van der Waals surface area contributed by atoms with Crippen LogP contribution in [-0.2, 0) is 6.42 Å². The summed E-state index contributed by atoms with van der Waals surface area (Å²) < 4.78 is 13.2. The van der Waals surface area contributed by atoms with E-state index in [1.807, 2.05) is 12.4 Å². The van der Waals surface area contributed by atoms with E-state index in [4.69, 9.17) is 11.6 Å². The third-order valence-electron chi connectivity index (χ3n) is 2.59. The van der Waals surface area contributed by atoms with Crippen LogP contribution in [0.5, 0.6) is 0 Å². The van der Waals surface area contributed by atoms with Gasteiger partial charge in [0, 0.05) is 10.4 Å². The Balaban J connectivity index is 2.21. The van der Waals surface area contributed by atoms with Gasteiger partial charge in [-0.2, -0.15) is 0 Å². The maximum atomic E-state index is 13.2. The van der Waals surface area contributed by atoms with E-state index in [9.17, 15) is 4.39 Å². The number of nitrogens with one attached hydrogen (secondary N) is 1. The molecule has 5 heteroatoms. The molecule has 0 aliphatic rings. The van der Waals surface area contributed by atoms with Crippen molar-refractivity contribution >= 4 is 22.9 Å². The van der Waals surface area contributed by atoms with E-state index in [1.165, 1.54) is 12.1 Å². The zero-order valence-electron chi connectivity index (χ0n) is 9.28. The highest BCUT2D eigenvalue weighted by Crippen LogP contribution is 2.24. The Morgan fingerprint density at radius 3 is 3.00 bits per heavy atom. The van der Waals surface area contributed by atoms with E-state index in [0.29, 0.717) is 11.4 Å². The zero-order chi connectivity index (χ0) is 12.3. The predicted molar refractivity (Wildman–Crippen MR) is 69.0 cm³/mol. The fourth-order valence-electron chi connectivity index (χ4n) is 1.67. The minimum absolute atomic E-state index is 0.0561. The predicted octanol–water partition coefficient (Wildman–Crippen LogP) is 3.44. The topological polar surface area (TPSA) is 24.9 Å². The summed E-state index contributed by atoms with van der Waals surface area (Å²) in [5, 5.41) is 5.73. The fourth-order valence-corrected chi connectivity index (χ4v) is 2.47. The van der Waals surface area contributed by atoms with Crippen LogP contribution in [0, 0.1) is 5.82 Å². The SMILES string of the molecule is CNC(Cc1cc(F)ccc1Cl)c1cscn1. The molecule has 17 heavy (non-hydrogen) atoms. The lowest BCUT2D eigenvalue weighted by molar-refractivity contribution is 0.573. The molecule has 2 rings (SSSR count). The Morgan fingerprint density at radius 1 is 1.53 bits per heavy atom. The van der Waals surface area contributed by atoms with E-state index in [0.717, 1.165) is 11.3 Å². The van der Waals surface area contributed by atoms with Gasteiger partial charge in [0.1, 0.15) is 5.82 Å². The average molecular weight is 271 g/mol. The van der Waals surface area contributed by atoms with Crippen LogP contribution >= 0.6 is 22.9 Å². The molecule has 0 aliphatic carbocycles. The smallest absolute Gasteiger partial charge is 0.123 e. The number of benzene rings is 1. The Bertz CT molecular complexity index is 487. The lowest BCUT2D eigenvalue weighted by Crippen LogP contribution is -2.19. The highest BCUT2D eigenvalue weighted by molar-refractivity contribution is 7.07. The number of halogens is 2. The number of thiazole rings is 1. The van der Waals surface area contributed by atoms with Gasteiger partial charge in [0.2, 0.25) is 0 Å². The van der Waals surface area contributed by atoms with Crippen LogP contribution in [-0.4, -0.2) is 12.0 Å². The van der Waals surface area contributed by atoms with E-state index >= 15 is 0 Å².